The van der Waals surface area contributed by atoms with Gasteiger partial charge in [0.1, 0.15) is 0 Å². The zero-order chi connectivity index (χ0) is 96.9. The molecule has 0 unspecified atom stereocenters. The number of benzene rings is 20. The molecular weight excluding hydrogens is 1780 g/mol. The van der Waals surface area contributed by atoms with Gasteiger partial charge in [0.05, 0.1) is 106 Å². The summed E-state index contributed by atoms with van der Waals surface area (Å²) in [6.45, 7) is 4.69. The summed E-state index contributed by atoms with van der Waals surface area (Å²) < 4.78 is 12.1. The van der Waals surface area contributed by atoms with Crippen molar-refractivity contribution >= 4 is 109 Å². The van der Waals surface area contributed by atoms with Gasteiger partial charge in [0, 0.05) is 121 Å². The van der Waals surface area contributed by atoms with E-state index >= 15 is 0 Å². The predicted molar refractivity (Wildman–Crippen MR) is 604 cm³/mol. The van der Waals surface area contributed by atoms with E-state index in [1.165, 1.54) is 92.7 Å². The first-order valence-corrected chi connectivity index (χ1v) is 49.7. The first-order valence-electron chi connectivity index (χ1n) is 49.7. The fourth-order valence-electron chi connectivity index (χ4n) is 22.5. The molecule has 686 valence electrons. The number of nitrogens with zero attached hydrogens (tertiary/aromatic N) is 11. The van der Waals surface area contributed by atoms with Crippen LogP contribution in [0.1, 0.15) is 25.0 Å². The minimum Gasteiger partial charge on any atom is -0.309 e. The van der Waals surface area contributed by atoms with Crippen LogP contribution in [0.2, 0.25) is 0 Å². The van der Waals surface area contributed by atoms with E-state index in [2.05, 4.69) is 498 Å². The van der Waals surface area contributed by atoms with Gasteiger partial charge >= 0.3 is 0 Å². The SMILES string of the molecule is CC1(C)c2ccccc2-c2cc3c4ccccc4n(-c4c(-c5ccccc5)nc(-c5ccccc5)nc4-c4ccccc4)c3cc21.c1ccc(-c2nc(-c3ccccc3)c(-n3c4ccccc4c4c3ccc3c5ccccc5n(-c5ccccc5)c34)c(-c3ccccc3)n2)cc1.c1ccc(-c2nc(-c3ccccc3)c(-n3c4ccccc4c4ccc5c(c6ccccc6n5-c5ccccc5)c43)c(-c3ccccc3)n2)cc1. The maximum Gasteiger partial charge on any atom is 0.160 e. The van der Waals surface area contributed by atoms with Gasteiger partial charge in [-0.1, -0.05) is 451 Å². The van der Waals surface area contributed by atoms with Crippen molar-refractivity contribution in [1.29, 1.82) is 0 Å². The molecule has 8 aromatic heterocycles. The Bertz CT molecular complexity index is 9720. The molecule has 0 amide bonds. The normalized spacial score (nSPS) is 12.1. The van der Waals surface area contributed by atoms with Gasteiger partial charge in [0.2, 0.25) is 0 Å². The molecule has 1 aliphatic rings. The number of hydrogen-bond donors (Lipinski definition) is 0. The van der Waals surface area contributed by atoms with Crippen LogP contribution < -0.4 is 0 Å². The van der Waals surface area contributed by atoms with E-state index < -0.39 is 0 Å². The summed E-state index contributed by atoms with van der Waals surface area (Å²) in [5, 5.41) is 12.0. The number of aromatic nitrogens is 11. The highest BCUT2D eigenvalue weighted by molar-refractivity contribution is 6.28. The second-order valence-corrected chi connectivity index (χ2v) is 37.8. The van der Waals surface area contributed by atoms with Crippen molar-refractivity contribution < 1.29 is 0 Å². The number of rotatable bonds is 14. The molecule has 0 bridgehead atoms. The Morgan fingerprint density at radius 1 is 0.164 bits per heavy atom. The molecule has 28 aromatic rings. The Hall–Kier alpha value is -19.4. The van der Waals surface area contributed by atoms with Crippen LogP contribution in [-0.4, -0.2) is 52.7 Å². The molecule has 0 N–H and O–H groups in total. The zero-order valence-corrected chi connectivity index (χ0v) is 80.0. The average molecular weight is 1870 g/mol. The Kier molecular flexibility index (Phi) is 21.0. The summed E-state index contributed by atoms with van der Waals surface area (Å²) in [6, 6.07) is 182. The van der Waals surface area contributed by atoms with E-state index in [-0.39, 0.29) is 5.41 Å². The zero-order valence-electron chi connectivity index (χ0n) is 80.0. The summed E-state index contributed by atoms with van der Waals surface area (Å²) in [6.07, 6.45) is 0. The van der Waals surface area contributed by atoms with Gasteiger partial charge in [-0.25, -0.2) is 29.9 Å². The van der Waals surface area contributed by atoms with Gasteiger partial charge in [-0.05, 0) is 101 Å². The van der Waals surface area contributed by atoms with Crippen molar-refractivity contribution in [2.75, 3.05) is 0 Å². The second-order valence-electron chi connectivity index (χ2n) is 37.8. The molecular formula is C135H91N11. The molecule has 0 fully saturated rings. The van der Waals surface area contributed by atoms with Crippen LogP contribution in [0, 0.1) is 0 Å². The maximum atomic E-state index is 5.43. The summed E-state index contributed by atoms with van der Waals surface area (Å²) in [5.74, 6) is 2.10. The first kappa shape index (κ1) is 85.8. The van der Waals surface area contributed by atoms with E-state index in [9.17, 15) is 0 Å². The number of para-hydroxylation sites is 7. The van der Waals surface area contributed by atoms with Crippen molar-refractivity contribution in [2.45, 2.75) is 19.3 Å². The van der Waals surface area contributed by atoms with Crippen LogP contribution in [0.3, 0.4) is 0 Å². The third-order valence-electron chi connectivity index (χ3n) is 29.0. The molecule has 0 aliphatic heterocycles. The standard InChI is InChI=1S/2C46H30N4.C43H31N3/c1-5-17-31(18-6-1)42-45(43(32-19-7-2-8-20-32)48-46(47-42)33-21-9-3-10-22-33)50-38-27-15-13-25-35(38)36-29-30-40-41(44(36)50)37-26-14-16-28-39(37)49(40)34-23-11-4-12-24-34;1-5-17-31(18-6-1)42-45(43(32-19-7-2-8-20-32)48-46(47-42)33-21-9-3-10-22-33)50-39-28-16-14-26-37(39)41-40(50)30-29-36-35-25-13-15-27-38(35)49(44(36)41)34-23-11-4-12-24-34;1-43(2)35-24-14-12-22-31(35)33-26-34-32-23-13-15-25-37(32)46(38(34)27-36(33)43)41-39(28-16-6-3-7-17-28)44-42(30-20-10-5-11-21-30)45-40(41)29-18-8-4-9-19-29/h2*1-30H;3-27H,1-2H3. The van der Waals surface area contributed by atoms with E-state index in [4.69, 9.17) is 29.9 Å². The Morgan fingerprint density at radius 3 is 0.788 bits per heavy atom. The first-order chi connectivity index (χ1) is 72.3. The van der Waals surface area contributed by atoms with E-state index in [0.29, 0.717) is 17.5 Å². The third kappa shape index (κ3) is 14.3. The third-order valence-corrected chi connectivity index (χ3v) is 29.0. The molecule has 0 atom stereocenters. The average Bonchev–Trinajstić information content (AvgIpc) is 1.54. The molecule has 11 nitrogen and oxygen atoms in total. The van der Waals surface area contributed by atoms with Crippen LogP contribution >= 0.6 is 0 Å². The smallest absolute Gasteiger partial charge is 0.160 e. The maximum absolute atomic E-state index is 5.43. The summed E-state index contributed by atoms with van der Waals surface area (Å²) >= 11 is 0. The lowest BCUT2D eigenvalue weighted by Gasteiger charge is -2.22. The Balaban J connectivity index is 0.000000109. The van der Waals surface area contributed by atoms with Gasteiger partial charge < -0.3 is 22.8 Å². The van der Waals surface area contributed by atoms with Crippen molar-refractivity contribution in [3.05, 3.63) is 527 Å². The van der Waals surface area contributed by atoms with Gasteiger partial charge in [-0.2, -0.15) is 0 Å². The highest BCUT2D eigenvalue weighted by atomic mass is 15.1. The highest BCUT2D eigenvalue weighted by Crippen LogP contribution is 2.54. The van der Waals surface area contributed by atoms with Gasteiger partial charge in [0.15, 0.2) is 17.5 Å². The van der Waals surface area contributed by atoms with Gasteiger partial charge in [-0.15, -0.1) is 0 Å². The predicted octanol–water partition coefficient (Wildman–Crippen LogP) is 34.2. The Morgan fingerprint density at radius 2 is 0.418 bits per heavy atom. The number of hydrogen-bond acceptors (Lipinski definition) is 6. The molecule has 0 spiro atoms. The van der Waals surface area contributed by atoms with Crippen LogP contribution in [0.15, 0.2) is 516 Å². The largest absolute Gasteiger partial charge is 0.309 e. The molecule has 0 saturated carbocycles. The topological polar surface area (TPSA) is 102 Å². The molecule has 146 heavy (non-hydrogen) atoms. The van der Waals surface area contributed by atoms with E-state index in [1.54, 1.807) is 0 Å². The quantitative estimate of drug-likeness (QED) is 0.107. The highest BCUT2D eigenvalue weighted by Gasteiger charge is 2.38. The molecule has 29 rings (SSSR count). The van der Waals surface area contributed by atoms with Crippen molar-refractivity contribution in [2.24, 2.45) is 0 Å². The number of fused-ring (bicyclic) bond motifs is 20. The lowest BCUT2D eigenvalue weighted by atomic mass is 9.82. The van der Waals surface area contributed by atoms with Gasteiger partial charge in [0.25, 0.3) is 0 Å². The van der Waals surface area contributed by atoms with Crippen molar-refractivity contribution in [3.8, 4) is 141 Å². The fraction of sp³-hybridized carbons (Fsp3) is 0.0222. The molecule has 0 saturated heterocycles. The van der Waals surface area contributed by atoms with E-state index in [1.807, 2.05) is 54.6 Å². The lowest BCUT2D eigenvalue weighted by molar-refractivity contribution is 0.661. The lowest BCUT2D eigenvalue weighted by Crippen LogP contribution is -2.15. The van der Waals surface area contributed by atoms with Crippen LogP contribution in [0.4, 0.5) is 0 Å². The molecule has 1 aliphatic carbocycles. The van der Waals surface area contributed by atoms with Crippen molar-refractivity contribution in [1.82, 2.24) is 52.7 Å². The minimum absolute atomic E-state index is 0.125. The molecule has 0 radical (unpaired) electrons. The van der Waals surface area contributed by atoms with Crippen LogP contribution in [0.25, 0.3) is 250 Å². The summed E-state index contributed by atoms with van der Waals surface area (Å²) in [5.41, 5.74) is 36.3. The Labute approximate surface area is 843 Å². The van der Waals surface area contributed by atoms with Crippen molar-refractivity contribution in [3.63, 3.8) is 0 Å². The summed E-state index contributed by atoms with van der Waals surface area (Å²) in [7, 11) is 0. The van der Waals surface area contributed by atoms with Crippen LogP contribution in [-0.2, 0) is 5.41 Å². The fourth-order valence-corrected chi connectivity index (χ4v) is 22.5. The molecule has 8 heterocycles. The molecule has 20 aromatic carbocycles. The molecule has 11 heteroatoms. The summed E-state index contributed by atoms with van der Waals surface area (Å²) in [4.78, 5) is 32.4. The second kappa shape index (κ2) is 35.8. The van der Waals surface area contributed by atoms with Gasteiger partial charge in [-0.3, -0.25) is 0 Å². The van der Waals surface area contributed by atoms with E-state index in [0.717, 1.165) is 151 Å². The monoisotopic (exact) mass is 1870 g/mol. The van der Waals surface area contributed by atoms with Crippen LogP contribution in [0.5, 0.6) is 0 Å². The minimum atomic E-state index is -0.125.